The molecule has 0 aliphatic carbocycles. The lowest BCUT2D eigenvalue weighted by molar-refractivity contribution is -0.117. The molecule has 6 nitrogen and oxygen atoms in total. The Morgan fingerprint density at radius 2 is 1.70 bits per heavy atom. The highest BCUT2D eigenvalue weighted by Gasteiger charge is 2.26. The predicted molar refractivity (Wildman–Crippen MR) is 103 cm³/mol. The zero-order valence-corrected chi connectivity index (χ0v) is 15.0. The number of piperidine rings is 1. The van der Waals surface area contributed by atoms with E-state index in [2.05, 4.69) is 20.4 Å². The first-order chi connectivity index (χ1) is 13.3. The standard InChI is InChI=1S/C21H22N4O2/c26-19(22-18-9-5-2-6-10-18)15-25-13-11-17(12-14-25)21-23-20(24-27-21)16-7-3-1-4-8-16/h1-10,17H,11-15H2,(H,22,26). The Kier molecular flexibility index (Phi) is 5.25. The van der Waals surface area contributed by atoms with Crippen molar-refractivity contribution in [3.63, 3.8) is 0 Å². The van der Waals surface area contributed by atoms with E-state index in [1.54, 1.807) is 0 Å². The summed E-state index contributed by atoms with van der Waals surface area (Å²) in [7, 11) is 0. The summed E-state index contributed by atoms with van der Waals surface area (Å²) in [5.41, 5.74) is 1.79. The van der Waals surface area contributed by atoms with Crippen molar-refractivity contribution in [2.45, 2.75) is 18.8 Å². The molecule has 0 atom stereocenters. The molecule has 0 radical (unpaired) electrons. The number of hydrogen-bond donors (Lipinski definition) is 1. The van der Waals surface area contributed by atoms with E-state index in [1.165, 1.54) is 0 Å². The Morgan fingerprint density at radius 1 is 1.04 bits per heavy atom. The van der Waals surface area contributed by atoms with Crippen molar-refractivity contribution < 1.29 is 9.32 Å². The van der Waals surface area contributed by atoms with Crippen molar-refractivity contribution in [2.75, 3.05) is 25.0 Å². The molecule has 1 fully saturated rings. The van der Waals surface area contributed by atoms with Crippen molar-refractivity contribution in [3.05, 3.63) is 66.6 Å². The minimum Gasteiger partial charge on any atom is -0.339 e. The topological polar surface area (TPSA) is 71.3 Å². The second kappa shape index (κ2) is 8.14. The van der Waals surface area contributed by atoms with Crippen LogP contribution in [0, 0.1) is 0 Å². The van der Waals surface area contributed by atoms with E-state index in [4.69, 9.17) is 4.52 Å². The van der Waals surface area contributed by atoms with Gasteiger partial charge in [0.05, 0.1) is 6.54 Å². The molecule has 6 heteroatoms. The van der Waals surface area contributed by atoms with Crippen LogP contribution in [0.5, 0.6) is 0 Å². The van der Waals surface area contributed by atoms with E-state index in [9.17, 15) is 4.79 Å². The fourth-order valence-corrected chi connectivity index (χ4v) is 3.37. The fraction of sp³-hybridized carbons (Fsp3) is 0.286. The van der Waals surface area contributed by atoms with Crippen LogP contribution in [0.1, 0.15) is 24.7 Å². The molecule has 4 rings (SSSR count). The third kappa shape index (κ3) is 4.41. The monoisotopic (exact) mass is 362 g/mol. The zero-order valence-electron chi connectivity index (χ0n) is 15.0. The van der Waals surface area contributed by atoms with Gasteiger partial charge in [-0.15, -0.1) is 0 Å². The first-order valence-corrected chi connectivity index (χ1v) is 9.24. The van der Waals surface area contributed by atoms with E-state index < -0.39 is 0 Å². The first-order valence-electron chi connectivity index (χ1n) is 9.24. The van der Waals surface area contributed by atoms with Gasteiger partial charge in [0, 0.05) is 17.2 Å². The van der Waals surface area contributed by atoms with Crippen molar-refractivity contribution in [1.82, 2.24) is 15.0 Å². The van der Waals surface area contributed by atoms with E-state index in [0.29, 0.717) is 18.3 Å². The molecule has 2 aromatic carbocycles. The lowest BCUT2D eigenvalue weighted by Gasteiger charge is -2.29. The van der Waals surface area contributed by atoms with Crippen molar-refractivity contribution in [1.29, 1.82) is 0 Å². The van der Waals surface area contributed by atoms with Crippen LogP contribution in [0.2, 0.25) is 0 Å². The molecule has 0 unspecified atom stereocenters. The third-order valence-electron chi connectivity index (χ3n) is 4.84. The van der Waals surface area contributed by atoms with E-state index >= 15 is 0 Å². The minimum absolute atomic E-state index is 0.0174. The molecule has 27 heavy (non-hydrogen) atoms. The number of carbonyl (C=O) groups excluding carboxylic acids is 1. The van der Waals surface area contributed by atoms with Crippen LogP contribution < -0.4 is 5.32 Å². The summed E-state index contributed by atoms with van der Waals surface area (Å²) >= 11 is 0. The average molecular weight is 362 g/mol. The number of para-hydroxylation sites is 1. The number of likely N-dealkylation sites (tertiary alicyclic amines) is 1. The number of nitrogens with zero attached hydrogens (tertiary/aromatic N) is 3. The zero-order chi connectivity index (χ0) is 18.5. The number of aromatic nitrogens is 2. The van der Waals surface area contributed by atoms with Gasteiger partial charge in [0.15, 0.2) is 0 Å². The van der Waals surface area contributed by atoms with Crippen LogP contribution in [-0.4, -0.2) is 40.6 Å². The Morgan fingerprint density at radius 3 is 2.41 bits per heavy atom. The minimum atomic E-state index is 0.0174. The Bertz CT molecular complexity index is 871. The molecule has 1 saturated heterocycles. The van der Waals surface area contributed by atoms with Gasteiger partial charge in [-0.25, -0.2) is 0 Å². The molecule has 1 N–H and O–H groups in total. The molecule has 1 aliphatic heterocycles. The van der Waals surface area contributed by atoms with Crippen LogP contribution >= 0.6 is 0 Å². The summed E-state index contributed by atoms with van der Waals surface area (Å²) < 4.78 is 5.49. The van der Waals surface area contributed by atoms with Crippen LogP contribution in [0.3, 0.4) is 0 Å². The molecule has 0 saturated carbocycles. The van der Waals surface area contributed by atoms with Crippen molar-refractivity contribution in [2.24, 2.45) is 0 Å². The predicted octanol–water partition coefficient (Wildman–Crippen LogP) is 3.55. The lowest BCUT2D eigenvalue weighted by Crippen LogP contribution is -2.38. The number of anilines is 1. The van der Waals surface area contributed by atoms with Gasteiger partial charge in [-0.2, -0.15) is 4.98 Å². The molecular formula is C21H22N4O2. The van der Waals surface area contributed by atoms with Crippen LogP contribution in [0.15, 0.2) is 65.2 Å². The quantitative estimate of drug-likeness (QED) is 0.751. The van der Waals surface area contributed by atoms with Crippen LogP contribution in [-0.2, 0) is 4.79 Å². The maximum Gasteiger partial charge on any atom is 0.238 e. The molecule has 138 valence electrons. The second-order valence-corrected chi connectivity index (χ2v) is 6.79. The maximum absolute atomic E-state index is 12.2. The summed E-state index contributed by atoms with van der Waals surface area (Å²) in [5, 5.41) is 7.04. The summed E-state index contributed by atoms with van der Waals surface area (Å²) in [6.07, 6.45) is 1.82. The number of hydrogen-bond acceptors (Lipinski definition) is 5. The summed E-state index contributed by atoms with van der Waals surface area (Å²) in [4.78, 5) is 18.9. The highest BCUT2D eigenvalue weighted by molar-refractivity contribution is 5.92. The number of nitrogens with one attached hydrogen (secondary N) is 1. The molecule has 1 aromatic heterocycles. The van der Waals surface area contributed by atoms with Crippen molar-refractivity contribution in [3.8, 4) is 11.4 Å². The van der Waals surface area contributed by atoms with E-state index in [0.717, 1.165) is 37.2 Å². The summed E-state index contributed by atoms with van der Waals surface area (Å²) in [6.45, 7) is 2.09. The Hall–Kier alpha value is -2.99. The summed E-state index contributed by atoms with van der Waals surface area (Å²) in [6, 6.07) is 19.4. The highest BCUT2D eigenvalue weighted by atomic mass is 16.5. The Labute approximate surface area is 158 Å². The molecule has 0 spiro atoms. The third-order valence-corrected chi connectivity index (χ3v) is 4.84. The van der Waals surface area contributed by atoms with Gasteiger partial charge in [0.2, 0.25) is 17.6 Å². The van der Waals surface area contributed by atoms with Gasteiger partial charge in [-0.05, 0) is 38.1 Å². The first kappa shape index (κ1) is 17.4. The van der Waals surface area contributed by atoms with Gasteiger partial charge >= 0.3 is 0 Å². The highest BCUT2D eigenvalue weighted by Crippen LogP contribution is 2.28. The second-order valence-electron chi connectivity index (χ2n) is 6.79. The van der Waals surface area contributed by atoms with Crippen LogP contribution in [0.4, 0.5) is 5.69 Å². The molecular weight excluding hydrogens is 340 g/mol. The fourth-order valence-electron chi connectivity index (χ4n) is 3.37. The molecule has 0 bridgehead atoms. The van der Waals surface area contributed by atoms with Gasteiger partial charge < -0.3 is 9.84 Å². The van der Waals surface area contributed by atoms with Gasteiger partial charge in [-0.1, -0.05) is 53.7 Å². The van der Waals surface area contributed by atoms with Gasteiger partial charge in [0.25, 0.3) is 0 Å². The molecule has 1 amide bonds. The average Bonchev–Trinajstić information content (AvgIpc) is 3.20. The van der Waals surface area contributed by atoms with Crippen LogP contribution in [0.25, 0.3) is 11.4 Å². The van der Waals surface area contributed by atoms with Gasteiger partial charge in [0.1, 0.15) is 0 Å². The van der Waals surface area contributed by atoms with E-state index in [1.807, 2.05) is 60.7 Å². The summed E-state index contributed by atoms with van der Waals surface area (Å²) in [5.74, 6) is 1.60. The number of rotatable bonds is 5. The van der Waals surface area contributed by atoms with E-state index in [-0.39, 0.29) is 11.8 Å². The lowest BCUT2D eigenvalue weighted by atomic mass is 9.97. The smallest absolute Gasteiger partial charge is 0.238 e. The number of amides is 1. The Balaban J connectivity index is 1.29. The normalized spacial score (nSPS) is 15.6. The molecule has 3 aromatic rings. The van der Waals surface area contributed by atoms with Crippen molar-refractivity contribution >= 4 is 11.6 Å². The molecule has 1 aliphatic rings. The molecule has 2 heterocycles. The largest absolute Gasteiger partial charge is 0.339 e. The maximum atomic E-state index is 12.2. The number of benzene rings is 2. The number of carbonyl (C=O) groups is 1. The SMILES string of the molecule is O=C(CN1CCC(c2nc(-c3ccccc3)no2)CC1)Nc1ccccc1. The van der Waals surface area contributed by atoms with Gasteiger partial charge in [-0.3, -0.25) is 9.69 Å².